The first-order valence-corrected chi connectivity index (χ1v) is 6.61. The molecule has 0 heterocycles. The average Bonchev–Trinajstić information content (AvgIpc) is 2.42. The molecule has 0 radical (unpaired) electrons. The molecule has 1 aromatic carbocycles. The Bertz CT molecular complexity index is 495. The minimum absolute atomic E-state index is 0.165. The van der Waals surface area contributed by atoms with Crippen molar-refractivity contribution in [3.8, 4) is 0 Å². The number of ether oxygens (including phenoxy) is 1. The van der Waals surface area contributed by atoms with E-state index >= 15 is 0 Å². The fraction of sp³-hybridized carbons (Fsp3) is 0.467. The number of rotatable bonds is 5. The highest BCUT2D eigenvalue weighted by atomic mass is 16.6. The fourth-order valence-electron chi connectivity index (χ4n) is 1.65. The molecule has 2 unspecified atom stereocenters. The third-order valence-corrected chi connectivity index (χ3v) is 2.61. The Morgan fingerprint density at radius 2 is 2.05 bits per heavy atom. The number of carbonyl (C=O) groups excluding carboxylic acids is 2. The number of benzene rings is 1. The van der Waals surface area contributed by atoms with Gasteiger partial charge in [0.15, 0.2) is 0 Å². The van der Waals surface area contributed by atoms with Gasteiger partial charge in [-0.15, -0.1) is 0 Å². The van der Waals surface area contributed by atoms with Crippen LogP contribution in [0, 0.1) is 0 Å². The summed E-state index contributed by atoms with van der Waals surface area (Å²) in [4.78, 5) is 22.1. The van der Waals surface area contributed by atoms with E-state index < -0.39 is 23.9 Å². The van der Waals surface area contributed by atoms with Crippen molar-refractivity contribution in [2.75, 3.05) is 6.54 Å². The summed E-state index contributed by atoms with van der Waals surface area (Å²) in [7, 11) is 0. The predicted molar refractivity (Wildman–Crippen MR) is 77.0 cm³/mol. The first kappa shape index (κ1) is 17.1. The van der Waals surface area contributed by atoms with Gasteiger partial charge < -0.3 is 20.3 Å². The summed E-state index contributed by atoms with van der Waals surface area (Å²) in [5.74, 6) is 0. The predicted octanol–water partition coefficient (Wildman–Crippen LogP) is 1.42. The summed E-state index contributed by atoms with van der Waals surface area (Å²) < 4.78 is 5.02. The van der Waals surface area contributed by atoms with Gasteiger partial charge in [-0.05, 0) is 32.4 Å². The molecule has 1 rings (SSSR count). The molecule has 0 bridgehead atoms. The second kappa shape index (κ2) is 7.19. The van der Waals surface area contributed by atoms with Crippen LogP contribution in [0.5, 0.6) is 0 Å². The van der Waals surface area contributed by atoms with Crippen LogP contribution < -0.4 is 5.32 Å². The summed E-state index contributed by atoms with van der Waals surface area (Å²) in [5.41, 5.74) is 0.170. The van der Waals surface area contributed by atoms with Crippen molar-refractivity contribution < 1.29 is 24.5 Å². The van der Waals surface area contributed by atoms with Gasteiger partial charge in [-0.1, -0.05) is 18.2 Å². The number of carbonyl (C=O) groups is 2. The van der Waals surface area contributed by atoms with E-state index in [0.29, 0.717) is 17.4 Å². The van der Waals surface area contributed by atoms with Crippen LogP contribution in [-0.2, 0) is 4.74 Å². The van der Waals surface area contributed by atoms with Crippen LogP contribution >= 0.6 is 0 Å². The van der Waals surface area contributed by atoms with E-state index in [0.717, 1.165) is 0 Å². The van der Waals surface area contributed by atoms with Gasteiger partial charge in [0.05, 0.1) is 0 Å². The van der Waals surface area contributed by atoms with Gasteiger partial charge >= 0.3 is 6.09 Å². The highest BCUT2D eigenvalue weighted by molar-refractivity contribution is 5.75. The summed E-state index contributed by atoms with van der Waals surface area (Å²) >= 11 is 0. The molecule has 0 aliphatic carbocycles. The number of hydrogen-bond acceptors (Lipinski definition) is 5. The van der Waals surface area contributed by atoms with E-state index in [4.69, 9.17) is 4.74 Å². The van der Waals surface area contributed by atoms with Gasteiger partial charge in [0.25, 0.3) is 0 Å². The lowest BCUT2D eigenvalue weighted by atomic mass is 10.0. The molecule has 2 atom stereocenters. The van der Waals surface area contributed by atoms with Crippen LogP contribution in [0.15, 0.2) is 24.3 Å². The van der Waals surface area contributed by atoms with Crippen molar-refractivity contribution in [1.82, 2.24) is 5.32 Å². The maximum atomic E-state index is 11.5. The number of aliphatic hydroxyl groups is 2. The summed E-state index contributed by atoms with van der Waals surface area (Å²) in [6.07, 6.45) is -2.43. The molecule has 0 fully saturated rings. The SMILES string of the molecule is CC(C)(C)OC(=O)NCC(O)C(O)c1cccc(C=O)c1. The molecule has 1 aromatic rings. The molecule has 0 aromatic heterocycles. The van der Waals surface area contributed by atoms with E-state index in [-0.39, 0.29) is 6.54 Å². The Morgan fingerprint density at radius 1 is 1.38 bits per heavy atom. The second-order valence-electron chi connectivity index (χ2n) is 5.68. The third-order valence-electron chi connectivity index (χ3n) is 2.61. The Morgan fingerprint density at radius 3 is 2.62 bits per heavy atom. The quantitative estimate of drug-likeness (QED) is 0.714. The van der Waals surface area contributed by atoms with E-state index in [9.17, 15) is 19.8 Å². The smallest absolute Gasteiger partial charge is 0.407 e. The maximum Gasteiger partial charge on any atom is 0.407 e. The summed E-state index contributed by atoms with van der Waals surface area (Å²) in [5, 5.41) is 22.2. The molecular weight excluding hydrogens is 274 g/mol. The molecule has 3 N–H and O–H groups in total. The molecule has 0 aliphatic heterocycles. The monoisotopic (exact) mass is 295 g/mol. The number of nitrogens with one attached hydrogen (secondary N) is 1. The largest absolute Gasteiger partial charge is 0.444 e. The molecule has 6 nitrogen and oxygen atoms in total. The number of hydrogen-bond donors (Lipinski definition) is 3. The number of aldehydes is 1. The molecule has 0 aliphatic rings. The highest BCUT2D eigenvalue weighted by Gasteiger charge is 2.21. The van der Waals surface area contributed by atoms with Gasteiger partial charge in [-0.25, -0.2) is 4.79 Å². The van der Waals surface area contributed by atoms with E-state index in [1.807, 2.05) is 0 Å². The lowest BCUT2D eigenvalue weighted by Gasteiger charge is -2.22. The van der Waals surface area contributed by atoms with Crippen LogP contribution in [0.4, 0.5) is 4.79 Å². The molecule has 116 valence electrons. The molecule has 0 saturated carbocycles. The minimum atomic E-state index is -1.21. The van der Waals surface area contributed by atoms with Gasteiger partial charge in [0.2, 0.25) is 0 Å². The Hall–Kier alpha value is -1.92. The van der Waals surface area contributed by atoms with E-state index in [1.165, 1.54) is 6.07 Å². The lowest BCUT2D eigenvalue weighted by molar-refractivity contribution is 0.0129. The van der Waals surface area contributed by atoms with Crippen molar-refractivity contribution >= 4 is 12.4 Å². The number of amides is 1. The van der Waals surface area contributed by atoms with Crippen molar-refractivity contribution in [2.45, 2.75) is 38.6 Å². The average molecular weight is 295 g/mol. The molecule has 0 saturated heterocycles. The maximum absolute atomic E-state index is 11.5. The molecule has 1 amide bonds. The van der Waals surface area contributed by atoms with Gasteiger partial charge in [-0.2, -0.15) is 0 Å². The van der Waals surface area contributed by atoms with E-state index in [2.05, 4.69) is 5.32 Å². The minimum Gasteiger partial charge on any atom is -0.444 e. The topological polar surface area (TPSA) is 95.9 Å². The van der Waals surface area contributed by atoms with Crippen LogP contribution in [-0.4, -0.2) is 40.8 Å². The van der Waals surface area contributed by atoms with Gasteiger partial charge in [0.1, 0.15) is 24.1 Å². The normalized spacial score (nSPS) is 14.1. The van der Waals surface area contributed by atoms with Crippen molar-refractivity contribution in [3.05, 3.63) is 35.4 Å². The Balaban J connectivity index is 2.56. The first-order valence-electron chi connectivity index (χ1n) is 6.61. The lowest BCUT2D eigenvalue weighted by Crippen LogP contribution is -2.38. The second-order valence-corrected chi connectivity index (χ2v) is 5.68. The first-order chi connectivity index (χ1) is 9.73. The van der Waals surface area contributed by atoms with Gasteiger partial charge in [-0.3, -0.25) is 4.79 Å². The number of aliphatic hydroxyl groups excluding tert-OH is 2. The number of alkyl carbamates (subject to hydrolysis) is 1. The van der Waals surface area contributed by atoms with Gasteiger partial charge in [0, 0.05) is 12.1 Å². The van der Waals surface area contributed by atoms with Crippen LogP contribution in [0.2, 0.25) is 0 Å². The summed E-state index contributed by atoms with van der Waals surface area (Å²) in [6.45, 7) is 5.01. The Labute approximate surface area is 123 Å². The summed E-state index contributed by atoms with van der Waals surface area (Å²) in [6, 6.07) is 6.27. The van der Waals surface area contributed by atoms with Crippen molar-refractivity contribution in [3.63, 3.8) is 0 Å². The molecular formula is C15H21NO5. The van der Waals surface area contributed by atoms with E-state index in [1.54, 1.807) is 39.0 Å². The standard InChI is InChI=1S/C15H21NO5/c1-15(2,3)21-14(20)16-8-12(18)13(19)11-6-4-5-10(7-11)9-17/h4-7,9,12-13,18-19H,8H2,1-3H3,(H,16,20). The van der Waals surface area contributed by atoms with Crippen LogP contribution in [0.1, 0.15) is 42.8 Å². The third kappa shape index (κ3) is 5.93. The zero-order chi connectivity index (χ0) is 16.0. The molecule has 0 spiro atoms. The Kier molecular flexibility index (Phi) is 5.87. The zero-order valence-electron chi connectivity index (χ0n) is 12.4. The van der Waals surface area contributed by atoms with Crippen molar-refractivity contribution in [1.29, 1.82) is 0 Å². The molecule has 6 heteroatoms. The molecule has 21 heavy (non-hydrogen) atoms. The van der Waals surface area contributed by atoms with Crippen molar-refractivity contribution in [2.24, 2.45) is 0 Å². The fourth-order valence-corrected chi connectivity index (χ4v) is 1.65. The van der Waals surface area contributed by atoms with Crippen LogP contribution in [0.25, 0.3) is 0 Å². The zero-order valence-corrected chi connectivity index (χ0v) is 12.4. The highest BCUT2D eigenvalue weighted by Crippen LogP contribution is 2.17. The van der Waals surface area contributed by atoms with Crippen LogP contribution in [0.3, 0.4) is 0 Å².